The number of anilines is 1. The Kier molecular flexibility index (Phi) is 8.62. The third kappa shape index (κ3) is 4.59. The minimum atomic E-state index is -1.26. The van der Waals surface area contributed by atoms with Crippen LogP contribution in [-0.4, -0.2) is 76.2 Å². The Morgan fingerprint density at radius 1 is 1.42 bits per heavy atom. The van der Waals surface area contributed by atoms with Crippen molar-refractivity contribution in [3.63, 3.8) is 0 Å². The average molecular weight is 612 g/mol. The second-order valence-electron chi connectivity index (χ2n) is 10.8. The number of alkyl halides is 1. The highest BCUT2D eigenvalue weighted by Gasteiger charge is 2.77. The van der Waals surface area contributed by atoms with E-state index < -0.39 is 41.6 Å². The van der Waals surface area contributed by atoms with Crippen LogP contribution in [0.15, 0.2) is 30.9 Å². The van der Waals surface area contributed by atoms with Gasteiger partial charge in [0, 0.05) is 11.4 Å². The van der Waals surface area contributed by atoms with Crippen LogP contribution in [0.25, 0.3) is 0 Å². The maximum absolute atomic E-state index is 14.7. The van der Waals surface area contributed by atoms with E-state index in [1.165, 1.54) is 9.80 Å². The van der Waals surface area contributed by atoms with E-state index in [4.69, 9.17) is 21.1 Å². The van der Waals surface area contributed by atoms with Crippen molar-refractivity contribution in [2.45, 2.75) is 69.2 Å². The molecular formula is C28H36BrClN2O6. The van der Waals surface area contributed by atoms with Crippen LogP contribution in [0.5, 0.6) is 0 Å². The second kappa shape index (κ2) is 11.3. The number of aryl methyl sites for hydroxylation is 1. The first-order valence-electron chi connectivity index (χ1n) is 13.1. The summed E-state index contributed by atoms with van der Waals surface area (Å²) in [5, 5.41) is 10.8. The van der Waals surface area contributed by atoms with Crippen molar-refractivity contribution in [1.82, 2.24) is 4.90 Å². The fourth-order valence-corrected chi connectivity index (χ4v) is 7.87. The molecule has 10 heteroatoms. The van der Waals surface area contributed by atoms with Gasteiger partial charge < -0.3 is 24.4 Å². The number of aliphatic hydroxyl groups is 1. The third-order valence-electron chi connectivity index (χ3n) is 7.90. The van der Waals surface area contributed by atoms with Gasteiger partial charge in [0.15, 0.2) is 0 Å². The molecule has 2 amide bonds. The number of rotatable bonds is 10. The fourth-order valence-electron chi connectivity index (χ4n) is 6.60. The summed E-state index contributed by atoms with van der Waals surface area (Å²) >= 11 is 10.3. The van der Waals surface area contributed by atoms with Crippen LogP contribution in [0.1, 0.15) is 39.2 Å². The molecule has 1 spiro atoms. The minimum Gasteiger partial charge on any atom is -0.466 e. The Hall–Kier alpha value is -1.94. The minimum absolute atomic E-state index is 0.144. The van der Waals surface area contributed by atoms with E-state index in [0.29, 0.717) is 23.6 Å². The van der Waals surface area contributed by atoms with Crippen molar-refractivity contribution in [2.24, 2.45) is 17.8 Å². The molecule has 0 aliphatic carbocycles. The van der Waals surface area contributed by atoms with Crippen molar-refractivity contribution in [3.8, 4) is 0 Å². The van der Waals surface area contributed by atoms with Crippen LogP contribution in [-0.2, 0) is 23.9 Å². The summed E-state index contributed by atoms with van der Waals surface area (Å²) in [5.41, 5.74) is 0.0576. The van der Waals surface area contributed by atoms with Gasteiger partial charge in [-0.15, -0.1) is 6.58 Å². The molecule has 4 rings (SSSR count). The van der Waals surface area contributed by atoms with Gasteiger partial charge in [0.05, 0.1) is 47.9 Å². The van der Waals surface area contributed by atoms with Crippen LogP contribution >= 0.6 is 27.5 Å². The Balaban J connectivity index is 1.88. The first-order chi connectivity index (χ1) is 18.0. The van der Waals surface area contributed by atoms with Crippen molar-refractivity contribution < 1.29 is 29.0 Å². The van der Waals surface area contributed by atoms with Gasteiger partial charge in [-0.2, -0.15) is 0 Å². The summed E-state index contributed by atoms with van der Waals surface area (Å²) < 4.78 is 11.9. The Labute approximate surface area is 237 Å². The lowest BCUT2D eigenvalue weighted by molar-refractivity contribution is -0.155. The summed E-state index contributed by atoms with van der Waals surface area (Å²) in [6.07, 6.45) is 1.84. The third-order valence-corrected chi connectivity index (χ3v) is 9.05. The van der Waals surface area contributed by atoms with Crippen LogP contribution in [0.3, 0.4) is 0 Å². The number of likely N-dealkylation sites (tertiary alicyclic amines) is 1. The van der Waals surface area contributed by atoms with E-state index in [2.05, 4.69) is 22.5 Å². The predicted octanol–water partition coefficient (Wildman–Crippen LogP) is 3.89. The number of carbonyl (C=O) groups excluding carboxylic acids is 3. The molecule has 3 saturated heterocycles. The zero-order valence-corrected chi connectivity index (χ0v) is 24.6. The van der Waals surface area contributed by atoms with Crippen molar-refractivity contribution in [2.75, 3.05) is 24.7 Å². The van der Waals surface area contributed by atoms with Crippen LogP contribution in [0, 0.1) is 24.7 Å². The van der Waals surface area contributed by atoms with Gasteiger partial charge in [-0.05, 0) is 44.2 Å². The van der Waals surface area contributed by atoms with Crippen LogP contribution < -0.4 is 4.90 Å². The summed E-state index contributed by atoms with van der Waals surface area (Å²) in [7, 11) is 0. The maximum atomic E-state index is 14.7. The monoisotopic (exact) mass is 610 g/mol. The number of hydrogen-bond donors (Lipinski definition) is 1. The lowest BCUT2D eigenvalue weighted by atomic mass is 9.70. The summed E-state index contributed by atoms with van der Waals surface area (Å²) in [4.78, 5) is 44.8. The van der Waals surface area contributed by atoms with Crippen molar-refractivity contribution in [1.29, 1.82) is 0 Å². The zero-order valence-electron chi connectivity index (χ0n) is 22.2. The molecule has 7 atom stereocenters. The van der Waals surface area contributed by atoms with Crippen LogP contribution in [0.2, 0.25) is 5.02 Å². The Morgan fingerprint density at radius 2 is 2.13 bits per heavy atom. The molecule has 3 fully saturated rings. The highest BCUT2D eigenvalue weighted by molar-refractivity contribution is 9.09. The molecule has 3 aliphatic heterocycles. The first-order valence-corrected chi connectivity index (χ1v) is 14.4. The zero-order chi connectivity index (χ0) is 27.9. The van der Waals surface area contributed by atoms with E-state index in [1.54, 1.807) is 19.1 Å². The summed E-state index contributed by atoms with van der Waals surface area (Å²) in [5.74, 6) is -2.86. The van der Waals surface area contributed by atoms with Gasteiger partial charge in [0.1, 0.15) is 11.6 Å². The highest BCUT2D eigenvalue weighted by atomic mass is 79.9. The molecule has 2 bridgehead atoms. The number of aliphatic hydroxyl groups excluding tert-OH is 1. The number of benzene rings is 1. The number of ether oxygens (including phenoxy) is 2. The van der Waals surface area contributed by atoms with Gasteiger partial charge in [0.25, 0.3) is 5.91 Å². The molecular weight excluding hydrogens is 576 g/mol. The highest BCUT2D eigenvalue weighted by Crippen LogP contribution is 2.61. The second-order valence-corrected chi connectivity index (χ2v) is 12.4. The average Bonchev–Trinajstić information content (AvgIpc) is 3.45. The Morgan fingerprint density at radius 3 is 2.71 bits per heavy atom. The molecule has 0 aromatic heterocycles. The number of fused-ring (bicyclic) bond motifs is 1. The number of carbonyl (C=O) groups is 3. The lowest BCUT2D eigenvalue weighted by Gasteiger charge is -2.40. The molecule has 0 radical (unpaired) electrons. The van der Waals surface area contributed by atoms with Crippen molar-refractivity contribution >= 4 is 51.0 Å². The standard InChI is InChI=1S/C28H36BrClN2O6/c1-6-11-31(22-16(5)9-8-10-19(22)30)26(35)24-28-13-18(29)23(38-28)20(27(36)37-7-2)21(28)25(34)32(24)17(14-33)12-15(3)4/h6,8-10,15,17-18,20-21,23-24,33H,1,7,11-14H2,2-5H3/t17-,18?,20-,21+,23-,24-,28+/m1/s1. The predicted molar refractivity (Wildman–Crippen MR) is 148 cm³/mol. The summed E-state index contributed by atoms with van der Waals surface area (Å²) in [6.45, 7) is 11.4. The maximum Gasteiger partial charge on any atom is 0.312 e. The Bertz CT molecular complexity index is 1090. The molecule has 38 heavy (non-hydrogen) atoms. The molecule has 1 aromatic rings. The SMILES string of the molecule is C=CCN(C(=O)[C@H]1N([C@@H](CO)CC(C)C)C(=O)[C@@H]2[C@@H](C(=O)OCC)[C@@H]3O[C@@]21CC3Br)c1c(C)cccc1Cl. The summed E-state index contributed by atoms with van der Waals surface area (Å²) in [6, 6.07) is 3.68. The number of nitrogens with zero attached hydrogens (tertiary/aromatic N) is 2. The number of para-hydroxylation sites is 1. The quantitative estimate of drug-likeness (QED) is 0.245. The van der Waals surface area contributed by atoms with Gasteiger partial charge in [0.2, 0.25) is 5.91 Å². The molecule has 208 valence electrons. The first kappa shape index (κ1) is 29.1. The smallest absolute Gasteiger partial charge is 0.312 e. The van der Waals surface area contributed by atoms with Gasteiger partial charge in [-0.25, -0.2) is 0 Å². The molecule has 3 heterocycles. The number of esters is 1. The number of amides is 2. The molecule has 1 aromatic carbocycles. The largest absolute Gasteiger partial charge is 0.466 e. The van der Waals surface area contributed by atoms with E-state index in [1.807, 2.05) is 32.9 Å². The molecule has 0 saturated carbocycles. The molecule has 8 nitrogen and oxygen atoms in total. The van der Waals surface area contributed by atoms with Gasteiger partial charge in [-0.3, -0.25) is 14.4 Å². The molecule has 1 N–H and O–H groups in total. The molecule has 3 aliphatic rings. The number of halogens is 2. The van der Waals surface area contributed by atoms with Gasteiger partial charge in [-0.1, -0.05) is 59.6 Å². The van der Waals surface area contributed by atoms with E-state index in [9.17, 15) is 19.5 Å². The van der Waals surface area contributed by atoms with Crippen LogP contribution in [0.4, 0.5) is 5.69 Å². The van der Waals surface area contributed by atoms with E-state index >= 15 is 0 Å². The molecule has 1 unspecified atom stereocenters. The normalized spacial score (nSPS) is 30.5. The van der Waals surface area contributed by atoms with Crippen molar-refractivity contribution in [3.05, 3.63) is 41.4 Å². The van der Waals surface area contributed by atoms with Gasteiger partial charge >= 0.3 is 5.97 Å². The topological polar surface area (TPSA) is 96.4 Å². The number of hydrogen-bond acceptors (Lipinski definition) is 6. The lowest BCUT2D eigenvalue weighted by Crippen LogP contribution is -2.59. The fraction of sp³-hybridized carbons (Fsp3) is 0.607. The van der Waals surface area contributed by atoms with E-state index in [-0.39, 0.29) is 42.3 Å². The van der Waals surface area contributed by atoms with E-state index in [0.717, 1.165) is 5.56 Å².